The van der Waals surface area contributed by atoms with Gasteiger partial charge in [0.25, 0.3) is 0 Å². The van der Waals surface area contributed by atoms with E-state index in [-0.39, 0.29) is 5.41 Å². The van der Waals surface area contributed by atoms with Gasteiger partial charge in [0.2, 0.25) is 0 Å². The van der Waals surface area contributed by atoms with E-state index < -0.39 is 0 Å². The fraction of sp³-hybridized carbons (Fsp3) is 0.0811. The molecule has 1 aliphatic rings. The second kappa shape index (κ2) is 8.75. The van der Waals surface area contributed by atoms with E-state index in [4.69, 9.17) is 0 Å². The monoisotopic (exact) mass is 487 g/mol. The molecule has 0 unspecified atom stereocenters. The Morgan fingerprint density at radius 1 is 0.421 bits per heavy atom. The average Bonchev–Trinajstić information content (AvgIpc) is 3.19. The molecule has 0 spiro atoms. The lowest BCUT2D eigenvalue weighted by atomic mass is 9.81. The van der Waals surface area contributed by atoms with Gasteiger partial charge in [0.05, 0.1) is 0 Å². The lowest BCUT2D eigenvalue weighted by Crippen LogP contribution is -2.14. The third-order valence-corrected chi connectivity index (χ3v) is 8.03. The van der Waals surface area contributed by atoms with Crippen molar-refractivity contribution in [1.82, 2.24) is 0 Å². The van der Waals surface area contributed by atoms with Crippen LogP contribution in [0.15, 0.2) is 140 Å². The van der Waals surface area contributed by atoms with E-state index >= 15 is 0 Å². The summed E-state index contributed by atoms with van der Waals surface area (Å²) in [6.07, 6.45) is 0. The quantitative estimate of drug-likeness (QED) is 0.239. The predicted octanol–water partition coefficient (Wildman–Crippen LogP) is 10.3. The SMILES string of the molecule is CC1(C)c2ccc(-c3ccc(N(c4ccccc4)c4ccccc4)cc3)cc2-c2cc3ccccc3cc21. The van der Waals surface area contributed by atoms with Gasteiger partial charge in [-0.1, -0.05) is 98.8 Å². The number of para-hydroxylation sites is 2. The number of hydrogen-bond donors (Lipinski definition) is 0. The molecule has 0 bridgehead atoms. The summed E-state index contributed by atoms with van der Waals surface area (Å²) in [4.78, 5) is 2.30. The summed E-state index contributed by atoms with van der Waals surface area (Å²) in [5.41, 5.74) is 11.4. The second-order valence-corrected chi connectivity index (χ2v) is 10.7. The van der Waals surface area contributed by atoms with Crippen molar-refractivity contribution < 1.29 is 0 Å². The van der Waals surface area contributed by atoms with Crippen LogP contribution in [0.1, 0.15) is 25.0 Å². The Bertz CT molecular complexity index is 1720. The molecule has 6 aromatic carbocycles. The van der Waals surface area contributed by atoms with Crippen LogP contribution in [0.2, 0.25) is 0 Å². The molecule has 6 aromatic rings. The number of hydrogen-bond acceptors (Lipinski definition) is 1. The lowest BCUT2D eigenvalue weighted by Gasteiger charge is -2.25. The number of nitrogens with zero attached hydrogens (tertiary/aromatic N) is 1. The molecular weight excluding hydrogens is 458 g/mol. The van der Waals surface area contributed by atoms with Crippen molar-refractivity contribution in [2.45, 2.75) is 19.3 Å². The molecule has 1 heteroatoms. The Morgan fingerprint density at radius 2 is 0.921 bits per heavy atom. The minimum atomic E-state index is -0.0110. The van der Waals surface area contributed by atoms with E-state index in [1.54, 1.807) is 0 Å². The Balaban J connectivity index is 1.30. The molecule has 0 N–H and O–H groups in total. The summed E-state index contributed by atoms with van der Waals surface area (Å²) in [5.74, 6) is 0. The lowest BCUT2D eigenvalue weighted by molar-refractivity contribution is 0.661. The molecule has 0 amide bonds. The second-order valence-electron chi connectivity index (χ2n) is 10.7. The molecular formula is C37H29N. The number of anilines is 3. The van der Waals surface area contributed by atoms with Crippen LogP contribution < -0.4 is 4.90 Å². The molecule has 7 rings (SSSR count). The molecule has 0 atom stereocenters. The van der Waals surface area contributed by atoms with Gasteiger partial charge in [-0.2, -0.15) is 0 Å². The van der Waals surface area contributed by atoms with E-state index in [0.717, 1.165) is 17.1 Å². The van der Waals surface area contributed by atoms with Crippen LogP contribution in [0.25, 0.3) is 33.0 Å². The summed E-state index contributed by atoms with van der Waals surface area (Å²) >= 11 is 0. The van der Waals surface area contributed by atoms with Gasteiger partial charge < -0.3 is 4.90 Å². The van der Waals surface area contributed by atoms with Gasteiger partial charge in [-0.15, -0.1) is 0 Å². The molecule has 0 aromatic heterocycles. The normalized spacial score (nSPS) is 13.2. The third kappa shape index (κ3) is 3.63. The fourth-order valence-electron chi connectivity index (χ4n) is 6.02. The van der Waals surface area contributed by atoms with Crippen LogP contribution in [-0.4, -0.2) is 0 Å². The zero-order valence-corrected chi connectivity index (χ0v) is 21.7. The first-order valence-electron chi connectivity index (χ1n) is 13.3. The minimum Gasteiger partial charge on any atom is -0.311 e. The van der Waals surface area contributed by atoms with Crippen molar-refractivity contribution in [1.29, 1.82) is 0 Å². The zero-order chi connectivity index (χ0) is 25.7. The first-order chi connectivity index (χ1) is 18.6. The highest BCUT2D eigenvalue weighted by atomic mass is 15.1. The predicted molar refractivity (Wildman–Crippen MR) is 162 cm³/mol. The van der Waals surface area contributed by atoms with E-state index in [0.29, 0.717) is 0 Å². The summed E-state index contributed by atoms with van der Waals surface area (Å²) < 4.78 is 0. The summed E-state index contributed by atoms with van der Waals surface area (Å²) in [6.45, 7) is 4.70. The highest BCUT2D eigenvalue weighted by molar-refractivity contribution is 5.94. The molecule has 0 heterocycles. The molecule has 182 valence electrons. The van der Waals surface area contributed by atoms with Gasteiger partial charge in [-0.3, -0.25) is 0 Å². The fourth-order valence-corrected chi connectivity index (χ4v) is 6.02. The van der Waals surface area contributed by atoms with Crippen LogP contribution in [0, 0.1) is 0 Å². The van der Waals surface area contributed by atoms with Crippen molar-refractivity contribution in [3.8, 4) is 22.3 Å². The smallest absolute Gasteiger partial charge is 0.0462 e. The van der Waals surface area contributed by atoms with Crippen molar-refractivity contribution >= 4 is 27.8 Å². The maximum atomic E-state index is 2.39. The molecule has 0 saturated heterocycles. The van der Waals surface area contributed by atoms with Crippen molar-refractivity contribution in [2.75, 3.05) is 4.90 Å². The van der Waals surface area contributed by atoms with Crippen LogP contribution in [0.5, 0.6) is 0 Å². The molecule has 0 saturated carbocycles. The Morgan fingerprint density at radius 3 is 1.55 bits per heavy atom. The van der Waals surface area contributed by atoms with Gasteiger partial charge in [-0.25, -0.2) is 0 Å². The van der Waals surface area contributed by atoms with Crippen LogP contribution in [0.4, 0.5) is 17.1 Å². The zero-order valence-electron chi connectivity index (χ0n) is 21.7. The van der Waals surface area contributed by atoms with Crippen molar-refractivity contribution in [2.24, 2.45) is 0 Å². The first-order valence-corrected chi connectivity index (χ1v) is 13.3. The highest BCUT2D eigenvalue weighted by Crippen LogP contribution is 2.50. The number of rotatable bonds is 4. The standard InChI is InChI=1S/C37H29N/c1-37(2)35-22-19-29(24-33(35)34-23-27-11-9-10-12-28(27)25-36(34)37)26-17-20-32(21-18-26)38(30-13-5-3-6-14-30)31-15-7-4-8-16-31/h3-25H,1-2H3. The summed E-state index contributed by atoms with van der Waals surface area (Å²) in [5, 5.41) is 2.61. The van der Waals surface area contributed by atoms with Gasteiger partial charge in [0.15, 0.2) is 0 Å². The number of fused-ring (bicyclic) bond motifs is 4. The summed E-state index contributed by atoms with van der Waals surface area (Å²) in [7, 11) is 0. The van der Waals surface area contributed by atoms with Crippen molar-refractivity contribution in [3.05, 3.63) is 151 Å². The van der Waals surface area contributed by atoms with Gasteiger partial charge in [0, 0.05) is 22.5 Å². The Labute approximate surface area is 224 Å². The maximum Gasteiger partial charge on any atom is 0.0462 e. The van der Waals surface area contributed by atoms with Crippen LogP contribution in [0.3, 0.4) is 0 Å². The van der Waals surface area contributed by atoms with Gasteiger partial charge >= 0.3 is 0 Å². The minimum absolute atomic E-state index is 0.0110. The number of benzene rings is 6. The van der Waals surface area contributed by atoms with Gasteiger partial charge in [-0.05, 0) is 98.8 Å². The Kier molecular flexibility index (Phi) is 5.19. The first kappa shape index (κ1) is 22.6. The summed E-state index contributed by atoms with van der Waals surface area (Å²) in [6, 6.07) is 50.5. The van der Waals surface area contributed by atoms with Crippen LogP contribution in [-0.2, 0) is 5.41 Å². The van der Waals surface area contributed by atoms with E-state index in [2.05, 4.69) is 158 Å². The molecule has 0 radical (unpaired) electrons. The molecule has 1 aliphatic carbocycles. The largest absolute Gasteiger partial charge is 0.311 e. The molecule has 1 nitrogen and oxygen atoms in total. The third-order valence-electron chi connectivity index (χ3n) is 8.03. The Hall–Kier alpha value is -4.62. The van der Waals surface area contributed by atoms with E-state index in [1.807, 2.05) is 0 Å². The van der Waals surface area contributed by atoms with E-state index in [9.17, 15) is 0 Å². The topological polar surface area (TPSA) is 3.24 Å². The average molecular weight is 488 g/mol. The van der Waals surface area contributed by atoms with E-state index in [1.165, 1.54) is 44.2 Å². The highest BCUT2D eigenvalue weighted by Gasteiger charge is 2.35. The molecule has 38 heavy (non-hydrogen) atoms. The molecule has 0 fully saturated rings. The molecule has 0 aliphatic heterocycles. The van der Waals surface area contributed by atoms with Gasteiger partial charge in [0.1, 0.15) is 0 Å². The van der Waals surface area contributed by atoms with Crippen molar-refractivity contribution in [3.63, 3.8) is 0 Å². The maximum absolute atomic E-state index is 2.39. The van der Waals surface area contributed by atoms with Crippen LogP contribution >= 0.6 is 0 Å².